The second-order valence-electron chi connectivity index (χ2n) is 3.92. The lowest BCUT2D eigenvalue weighted by Crippen LogP contribution is -2.11. The molecule has 0 bridgehead atoms. The van der Waals surface area contributed by atoms with Crippen LogP contribution >= 0.6 is 0 Å². The van der Waals surface area contributed by atoms with Gasteiger partial charge in [0, 0.05) is 12.7 Å². The van der Waals surface area contributed by atoms with Crippen molar-refractivity contribution in [2.24, 2.45) is 0 Å². The first-order valence-electron chi connectivity index (χ1n) is 6.26. The van der Waals surface area contributed by atoms with Crippen molar-refractivity contribution in [3.05, 3.63) is 29.8 Å². The van der Waals surface area contributed by atoms with Gasteiger partial charge in [0.25, 0.3) is 0 Å². The molecule has 18 heavy (non-hydrogen) atoms. The van der Waals surface area contributed by atoms with Gasteiger partial charge in [-0.15, -0.1) is 0 Å². The Bertz CT molecular complexity index is 327. The molecular formula is C14H22O4. The molecule has 0 saturated carbocycles. The van der Waals surface area contributed by atoms with Gasteiger partial charge in [-0.05, 0) is 12.5 Å². The Kier molecular flexibility index (Phi) is 7.41. The van der Waals surface area contributed by atoms with Crippen LogP contribution in [0.3, 0.4) is 0 Å². The topological polar surface area (TPSA) is 47.9 Å². The fourth-order valence-corrected chi connectivity index (χ4v) is 1.56. The molecule has 0 aliphatic carbocycles. The average molecular weight is 254 g/mol. The predicted molar refractivity (Wildman–Crippen MR) is 69.9 cm³/mol. The first kappa shape index (κ1) is 15.0. The summed E-state index contributed by atoms with van der Waals surface area (Å²) in [5.74, 6) is 0.724. The second kappa shape index (κ2) is 8.91. The van der Waals surface area contributed by atoms with Crippen molar-refractivity contribution in [3.8, 4) is 5.75 Å². The second-order valence-corrected chi connectivity index (χ2v) is 3.92. The van der Waals surface area contributed by atoms with Crippen molar-refractivity contribution in [1.82, 2.24) is 0 Å². The standard InChI is InChI=1S/C14H22O4/c1-3-13(15)12-6-4-5-7-14(12)18-11-10-17-9-8-16-2/h4-7,13,15H,3,8-11H2,1-2H3/t13-/m0/s1. The highest BCUT2D eigenvalue weighted by molar-refractivity contribution is 5.34. The number of hydrogen-bond acceptors (Lipinski definition) is 4. The van der Waals surface area contributed by atoms with Gasteiger partial charge in [-0.3, -0.25) is 0 Å². The molecule has 0 spiro atoms. The number of aliphatic hydroxyl groups is 1. The summed E-state index contributed by atoms with van der Waals surface area (Å²) in [5, 5.41) is 9.85. The Morgan fingerprint density at radius 1 is 1.11 bits per heavy atom. The summed E-state index contributed by atoms with van der Waals surface area (Å²) in [5.41, 5.74) is 0.830. The summed E-state index contributed by atoms with van der Waals surface area (Å²) in [4.78, 5) is 0. The molecule has 1 rings (SSSR count). The van der Waals surface area contributed by atoms with E-state index in [2.05, 4.69) is 0 Å². The highest BCUT2D eigenvalue weighted by Crippen LogP contribution is 2.26. The van der Waals surface area contributed by atoms with Gasteiger partial charge in [-0.2, -0.15) is 0 Å². The number of para-hydroxylation sites is 1. The fraction of sp³-hybridized carbons (Fsp3) is 0.571. The summed E-state index contributed by atoms with van der Waals surface area (Å²) in [7, 11) is 1.64. The molecule has 1 atom stereocenters. The summed E-state index contributed by atoms with van der Waals surface area (Å²) in [6, 6.07) is 7.54. The summed E-state index contributed by atoms with van der Waals surface area (Å²) < 4.78 is 15.8. The molecule has 0 radical (unpaired) electrons. The van der Waals surface area contributed by atoms with Crippen LogP contribution in [0.4, 0.5) is 0 Å². The number of aliphatic hydroxyl groups excluding tert-OH is 1. The first-order valence-corrected chi connectivity index (χ1v) is 6.26. The lowest BCUT2D eigenvalue weighted by Gasteiger charge is -2.14. The van der Waals surface area contributed by atoms with Crippen LogP contribution in [-0.2, 0) is 9.47 Å². The molecule has 0 saturated heterocycles. The van der Waals surface area contributed by atoms with E-state index < -0.39 is 6.10 Å². The number of hydrogen-bond donors (Lipinski definition) is 1. The number of methoxy groups -OCH3 is 1. The van der Waals surface area contributed by atoms with Gasteiger partial charge >= 0.3 is 0 Å². The molecule has 0 heterocycles. The minimum absolute atomic E-state index is 0.469. The highest BCUT2D eigenvalue weighted by Gasteiger charge is 2.10. The lowest BCUT2D eigenvalue weighted by atomic mass is 10.1. The van der Waals surface area contributed by atoms with Crippen molar-refractivity contribution in [2.45, 2.75) is 19.4 Å². The Hall–Kier alpha value is -1.10. The van der Waals surface area contributed by atoms with Gasteiger partial charge in [-0.25, -0.2) is 0 Å². The Labute approximate surface area is 108 Å². The van der Waals surface area contributed by atoms with Gasteiger partial charge in [0.05, 0.1) is 25.9 Å². The maximum Gasteiger partial charge on any atom is 0.125 e. The first-order chi connectivity index (χ1) is 8.79. The Morgan fingerprint density at radius 2 is 1.83 bits per heavy atom. The minimum atomic E-state index is -0.476. The van der Waals surface area contributed by atoms with Crippen LogP contribution in [0, 0.1) is 0 Å². The molecule has 1 aromatic carbocycles. The molecule has 102 valence electrons. The van der Waals surface area contributed by atoms with Crippen LogP contribution in [0.1, 0.15) is 25.0 Å². The third-order valence-corrected chi connectivity index (χ3v) is 2.58. The summed E-state index contributed by atoms with van der Waals surface area (Å²) in [6.07, 6.45) is 0.195. The van der Waals surface area contributed by atoms with Crippen molar-refractivity contribution < 1.29 is 19.3 Å². The molecule has 1 N–H and O–H groups in total. The van der Waals surface area contributed by atoms with Gasteiger partial charge in [-0.1, -0.05) is 25.1 Å². The van der Waals surface area contributed by atoms with E-state index in [1.165, 1.54) is 0 Å². The van der Waals surface area contributed by atoms with Crippen molar-refractivity contribution in [1.29, 1.82) is 0 Å². The molecule has 0 aromatic heterocycles. The SMILES string of the molecule is CC[C@H](O)c1ccccc1OCCOCCOC. The zero-order chi connectivity index (χ0) is 13.2. The number of ether oxygens (including phenoxy) is 3. The van der Waals surface area contributed by atoms with Crippen LogP contribution in [0.5, 0.6) is 5.75 Å². The Balaban J connectivity index is 2.37. The molecule has 0 aliphatic rings. The summed E-state index contributed by atoms with van der Waals surface area (Å²) in [6.45, 7) is 4.08. The molecule has 0 unspecified atom stereocenters. The van der Waals surface area contributed by atoms with E-state index in [-0.39, 0.29) is 0 Å². The maximum atomic E-state index is 9.85. The molecule has 4 heteroatoms. The molecule has 0 amide bonds. The molecular weight excluding hydrogens is 232 g/mol. The van der Waals surface area contributed by atoms with Crippen LogP contribution in [0.15, 0.2) is 24.3 Å². The highest BCUT2D eigenvalue weighted by atomic mass is 16.5. The third-order valence-electron chi connectivity index (χ3n) is 2.58. The molecule has 0 aliphatic heterocycles. The van der Waals surface area contributed by atoms with Crippen molar-refractivity contribution in [2.75, 3.05) is 33.5 Å². The lowest BCUT2D eigenvalue weighted by molar-refractivity contribution is 0.0536. The quantitative estimate of drug-likeness (QED) is 0.686. The zero-order valence-electron chi connectivity index (χ0n) is 11.1. The fourth-order valence-electron chi connectivity index (χ4n) is 1.56. The monoisotopic (exact) mass is 254 g/mol. The van der Waals surface area contributed by atoms with Gasteiger partial charge in [0.1, 0.15) is 12.4 Å². The van der Waals surface area contributed by atoms with Crippen molar-refractivity contribution in [3.63, 3.8) is 0 Å². The Morgan fingerprint density at radius 3 is 2.56 bits per heavy atom. The molecule has 1 aromatic rings. The largest absolute Gasteiger partial charge is 0.491 e. The van der Waals surface area contributed by atoms with Gasteiger partial charge < -0.3 is 19.3 Å². The normalized spacial score (nSPS) is 12.4. The summed E-state index contributed by atoms with van der Waals surface area (Å²) >= 11 is 0. The molecule has 0 fully saturated rings. The van der Waals surface area contributed by atoms with E-state index in [0.717, 1.165) is 11.3 Å². The smallest absolute Gasteiger partial charge is 0.125 e. The van der Waals surface area contributed by atoms with Crippen LogP contribution in [0.2, 0.25) is 0 Å². The zero-order valence-corrected chi connectivity index (χ0v) is 11.1. The third kappa shape index (κ3) is 5.04. The molecule has 4 nitrogen and oxygen atoms in total. The van der Waals surface area contributed by atoms with E-state index in [9.17, 15) is 5.11 Å². The predicted octanol–water partition coefficient (Wildman–Crippen LogP) is 2.17. The van der Waals surface area contributed by atoms with Crippen LogP contribution in [0.25, 0.3) is 0 Å². The minimum Gasteiger partial charge on any atom is -0.491 e. The maximum absolute atomic E-state index is 9.85. The van der Waals surface area contributed by atoms with Gasteiger partial charge in [0.2, 0.25) is 0 Å². The average Bonchev–Trinajstić information content (AvgIpc) is 2.42. The van der Waals surface area contributed by atoms with Gasteiger partial charge in [0.15, 0.2) is 0 Å². The number of benzene rings is 1. The van der Waals surface area contributed by atoms with E-state index in [1.54, 1.807) is 7.11 Å². The number of rotatable bonds is 9. The van der Waals surface area contributed by atoms with Crippen LogP contribution < -0.4 is 4.74 Å². The van der Waals surface area contributed by atoms with E-state index in [0.29, 0.717) is 32.8 Å². The van der Waals surface area contributed by atoms with E-state index in [1.807, 2.05) is 31.2 Å². The van der Waals surface area contributed by atoms with Crippen LogP contribution in [-0.4, -0.2) is 38.6 Å². The van der Waals surface area contributed by atoms with E-state index >= 15 is 0 Å². The van der Waals surface area contributed by atoms with E-state index in [4.69, 9.17) is 14.2 Å². The van der Waals surface area contributed by atoms with Crippen molar-refractivity contribution >= 4 is 0 Å².